The highest BCUT2D eigenvalue weighted by Crippen LogP contribution is 2.26. The van der Waals surface area contributed by atoms with Gasteiger partial charge in [0.2, 0.25) is 0 Å². The van der Waals surface area contributed by atoms with Crippen molar-refractivity contribution in [2.75, 3.05) is 26.2 Å². The van der Waals surface area contributed by atoms with E-state index in [2.05, 4.69) is 26.5 Å². The van der Waals surface area contributed by atoms with E-state index in [1.165, 1.54) is 38.3 Å². The molecule has 2 N–H and O–H groups in total. The van der Waals surface area contributed by atoms with Gasteiger partial charge in [-0.3, -0.25) is 10.00 Å². The van der Waals surface area contributed by atoms with E-state index in [9.17, 15) is 0 Å². The molecule has 0 aliphatic carbocycles. The molecule has 0 amide bonds. The lowest BCUT2D eigenvalue weighted by Gasteiger charge is -2.34. The zero-order valence-electron chi connectivity index (χ0n) is 9.35. The molecule has 0 aromatic carbocycles. The number of hydrogen-bond donors (Lipinski definition) is 2. The van der Waals surface area contributed by atoms with E-state index in [4.69, 9.17) is 0 Å². The first-order chi connectivity index (χ1) is 7.42. The molecule has 1 aromatic rings. The van der Waals surface area contributed by atoms with Gasteiger partial charge in [-0.15, -0.1) is 12.4 Å². The van der Waals surface area contributed by atoms with Crippen LogP contribution in [0.4, 0.5) is 0 Å². The Hall–Kier alpha value is -0.580. The number of fused-ring (bicyclic) bond motifs is 1. The number of hydrogen-bond acceptors (Lipinski definition) is 3. The summed E-state index contributed by atoms with van der Waals surface area (Å²) < 4.78 is 0. The van der Waals surface area contributed by atoms with Crippen molar-refractivity contribution >= 4 is 12.4 Å². The Morgan fingerprint density at radius 1 is 1.38 bits per heavy atom. The molecule has 4 nitrogen and oxygen atoms in total. The van der Waals surface area contributed by atoms with Crippen LogP contribution >= 0.6 is 12.4 Å². The summed E-state index contributed by atoms with van der Waals surface area (Å²) in [6.45, 7) is 5.97. The number of piperidine rings is 1. The van der Waals surface area contributed by atoms with Gasteiger partial charge in [-0.25, -0.2) is 0 Å². The number of aromatic amines is 1. The second kappa shape index (κ2) is 5.17. The van der Waals surface area contributed by atoms with Gasteiger partial charge in [-0.2, -0.15) is 5.10 Å². The topological polar surface area (TPSA) is 44.0 Å². The van der Waals surface area contributed by atoms with Crippen LogP contribution in [0.25, 0.3) is 0 Å². The van der Waals surface area contributed by atoms with Gasteiger partial charge in [0.1, 0.15) is 0 Å². The molecule has 3 heterocycles. The van der Waals surface area contributed by atoms with Crippen molar-refractivity contribution < 1.29 is 0 Å². The predicted octanol–water partition coefficient (Wildman–Crippen LogP) is 0.873. The van der Waals surface area contributed by atoms with Crippen LogP contribution in [0.15, 0.2) is 12.3 Å². The first-order valence-electron chi connectivity index (χ1n) is 5.83. The fourth-order valence-corrected chi connectivity index (χ4v) is 2.87. The first kappa shape index (κ1) is 11.9. The Morgan fingerprint density at radius 3 is 3.06 bits per heavy atom. The smallest absolute Gasteiger partial charge is 0.0492 e. The van der Waals surface area contributed by atoms with Crippen LogP contribution in [0.1, 0.15) is 12.1 Å². The first-order valence-corrected chi connectivity index (χ1v) is 5.83. The molecule has 3 rings (SSSR count). The fraction of sp³-hybridized carbons (Fsp3) is 0.727. The molecule has 2 saturated heterocycles. The third-order valence-corrected chi connectivity index (χ3v) is 3.74. The molecular formula is C11H19ClN4. The van der Waals surface area contributed by atoms with Crippen LogP contribution in [0.3, 0.4) is 0 Å². The van der Waals surface area contributed by atoms with E-state index in [1.807, 2.05) is 6.20 Å². The number of nitrogens with zero attached hydrogens (tertiary/aromatic N) is 2. The van der Waals surface area contributed by atoms with E-state index < -0.39 is 0 Å². The minimum Gasteiger partial charge on any atom is -0.316 e. The third-order valence-electron chi connectivity index (χ3n) is 3.74. The maximum absolute atomic E-state index is 3.99. The predicted molar refractivity (Wildman–Crippen MR) is 65.6 cm³/mol. The van der Waals surface area contributed by atoms with Crippen LogP contribution in [0.2, 0.25) is 0 Å². The number of likely N-dealkylation sites (tertiary alicyclic amines) is 1. The van der Waals surface area contributed by atoms with Gasteiger partial charge in [-0.1, -0.05) is 0 Å². The highest BCUT2D eigenvalue weighted by molar-refractivity contribution is 5.85. The number of halogens is 1. The largest absolute Gasteiger partial charge is 0.316 e. The lowest BCUT2D eigenvalue weighted by Crippen LogP contribution is -2.39. The van der Waals surface area contributed by atoms with Crippen LogP contribution in [-0.2, 0) is 6.54 Å². The average Bonchev–Trinajstić information content (AvgIpc) is 2.87. The van der Waals surface area contributed by atoms with Crippen LogP contribution in [-0.4, -0.2) is 41.3 Å². The maximum atomic E-state index is 3.99. The summed E-state index contributed by atoms with van der Waals surface area (Å²) in [7, 11) is 0. The second-order valence-electron chi connectivity index (χ2n) is 4.78. The van der Waals surface area contributed by atoms with Crippen molar-refractivity contribution in [2.45, 2.75) is 13.0 Å². The lowest BCUT2D eigenvalue weighted by molar-refractivity contribution is 0.141. The summed E-state index contributed by atoms with van der Waals surface area (Å²) >= 11 is 0. The number of nitrogens with one attached hydrogen (secondary N) is 2. The Balaban J connectivity index is 0.000000963. The molecule has 0 spiro atoms. The van der Waals surface area contributed by atoms with Gasteiger partial charge in [0, 0.05) is 25.0 Å². The average molecular weight is 243 g/mol. The van der Waals surface area contributed by atoms with Crippen molar-refractivity contribution in [3.63, 3.8) is 0 Å². The van der Waals surface area contributed by atoms with Crippen LogP contribution < -0.4 is 5.32 Å². The zero-order valence-corrected chi connectivity index (χ0v) is 10.2. The molecule has 0 radical (unpaired) electrons. The standard InChI is InChI=1S/C11H18N4.ClH/c1-3-13-14-11(1)8-15-4-2-9-5-12-6-10(9)7-15;/h1,3,9-10,12H,2,4-8H2,(H,13,14);1H. The van der Waals surface area contributed by atoms with E-state index in [0.717, 1.165) is 18.4 Å². The zero-order chi connectivity index (χ0) is 10.1. The fourth-order valence-electron chi connectivity index (χ4n) is 2.87. The van der Waals surface area contributed by atoms with Crippen LogP contribution in [0.5, 0.6) is 0 Å². The second-order valence-corrected chi connectivity index (χ2v) is 4.78. The summed E-state index contributed by atoms with van der Waals surface area (Å²) in [6.07, 6.45) is 3.19. The number of H-pyrrole nitrogens is 1. The van der Waals surface area contributed by atoms with Gasteiger partial charge in [0.25, 0.3) is 0 Å². The molecule has 2 unspecified atom stereocenters. The van der Waals surface area contributed by atoms with Crippen molar-refractivity contribution in [3.05, 3.63) is 18.0 Å². The monoisotopic (exact) mass is 242 g/mol. The Kier molecular flexibility index (Phi) is 3.84. The Morgan fingerprint density at radius 2 is 2.25 bits per heavy atom. The maximum Gasteiger partial charge on any atom is 0.0492 e. The highest BCUT2D eigenvalue weighted by atomic mass is 35.5. The summed E-state index contributed by atoms with van der Waals surface area (Å²) in [5, 5.41) is 10.5. The molecule has 90 valence electrons. The Bertz CT molecular complexity index is 314. The van der Waals surface area contributed by atoms with E-state index >= 15 is 0 Å². The van der Waals surface area contributed by atoms with E-state index in [1.54, 1.807) is 0 Å². The van der Waals surface area contributed by atoms with Gasteiger partial charge < -0.3 is 5.32 Å². The van der Waals surface area contributed by atoms with Gasteiger partial charge in [-0.05, 0) is 44.0 Å². The summed E-state index contributed by atoms with van der Waals surface area (Å²) in [5.74, 6) is 1.81. The molecule has 2 aliphatic rings. The van der Waals surface area contributed by atoms with E-state index in [-0.39, 0.29) is 12.4 Å². The lowest BCUT2D eigenvalue weighted by atomic mass is 9.89. The van der Waals surface area contributed by atoms with Gasteiger partial charge >= 0.3 is 0 Å². The number of rotatable bonds is 2. The van der Waals surface area contributed by atoms with Crippen molar-refractivity contribution in [1.82, 2.24) is 20.4 Å². The molecule has 0 saturated carbocycles. The molecule has 0 bridgehead atoms. The molecule has 2 atom stereocenters. The molecule has 16 heavy (non-hydrogen) atoms. The van der Waals surface area contributed by atoms with E-state index in [0.29, 0.717) is 0 Å². The normalized spacial score (nSPS) is 29.8. The number of aromatic nitrogens is 2. The van der Waals surface area contributed by atoms with Gasteiger partial charge in [0.05, 0.1) is 0 Å². The molecular weight excluding hydrogens is 224 g/mol. The van der Waals surface area contributed by atoms with Gasteiger partial charge in [0.15, 0.2) is 0 Å². The highest BCUT2D eigenvalue weighted by Gasteiger charge is 2.32. The third kappa shape index (κ3) is 2.39. The molecule has 5 heteroatoms. The summed E-state index contributed by atoms with van der Waals surface area (Å²) in [4.78, 5) is 2.54. The van der Waals surface area contributed by atoms with Crippen molar-refractivity contribution in [2.24, 2.45) is 11.8 Å². The SMILES string of the molecule is Cl.c1cc(CN2CCC3CNCC3C2)[nH]n1. The van der Waals surface area contributed by atoms with Crippen LogP contribution in [0, 0.1) is 11.8 Å². The molecule has 2 aliphatic heterocycles. The van der Waals surface area contributed by atoms with Crippen molar-refractivity contribution in [1.29, 1.82) is 0 Å². The minimum absolute atomic E-state index is 0. The quantitative estimate of drug-likeness (QED) is 0.809. The minimum atomic E-state index is 0. The van der Waals surface area contributed by atoms with Crippen molar-refractivity contribution in [3.8, 4) is 0 Å². The summed E-state index contributed by atoms with van der Waals surface area (Å²) in [6, 6.07) is 2.07. The summed E-state index contributed by atoms with van der Waals surface area (Å²) in [5.41, 5.74) is 1.24. The molecule has 1 aromatic heterocycles. The molecule has 2 fully saturated rings. The Labute approximate surface area is 102 Å².